The van der Waals surface area contributed by atoms with Gasteiger partial charge >= 0.3 is 6.09 Å². The summed E-state index contributed by atoms with van der Waals surface area (Å²) in [6, 6.07) is 2.72. The van der Waals surface area contributed by atoms with Gasteiger partial charge in [-0.05, 0) is 12.1 Å². The summed E-state index contributed by atoms with van der Waals surface area (Å²) in [6.07, 6.45) is -0.126. The lowest BCUT2D eigenvalue weighted by Crippen LogP contribution is -2.09. The van der Waals surface area contributed by atoms with E-state index in [1.54, 1.807) is 0 Å². The fraction of sp³-hybridized carbons (Fsp3) is 0. The first kappa shape index (κ1) is 8.49. The maximum Gasteiger partial charge on any atom is 0.432 e. The number of rotatable bonds is 0. The number of nitrogens with zero attached hydrogens (tertiary/aromatic N) is 2. The van der Waals surface area contributed by atoms with Crippen molar-refractivity contribution in [1.29, 1.82) is 0 Å². The first-order valence-corrected chi connectivity index (χ1v) is 3.76. The summed E-state index contributed by atoms with van der Waals surface area (Å²) in [7, 11) is 0. The van der Waals surface area contributed by atoms with Crippen molar-refractivity contribution >= 4 is 22.7 Å². The molecule has 0 aliphatic rings. The van der Waals surface area contributed by atoms with Crippen LogP contribution in [0.3, 0.4) is 0 Å². The van der Waals surface area contributed by atoms with E-state index < -0.39 is 11.9 Å². The molecule has 1 aromatic carbocycles. The van der Waals surface area contributed by atoms with Crippen LogP contribution in [0.25, 0.3) is 10.9 Å². The van der Waals surface area contributed by atoms with Gasteiger partial charge in [-0.3, -0.25) is 0 Å². The van der Waals surface area contributed by atoms with E-state index in [4.69, 9.17) is 10.8 Å². The molecular formula is C8H6FN3O2. The van der Waals surface area contributed by atoms with Gasteiger partial charge in [0.2, 0.25) is 0 Å². The largest absolute Gasteiger partial charge is 0.463 e. The van der Waals surface area contributed by atoms with Crippen molar-refractivity contribution in [2.75, 3.05) is 5.73 Å². The van der Waals surface area contributed by atoms with E-state index in [0.29, 0.717) is 4.68 Å². The second-order valence-corrected chi connectivity index (χ2v) is 2.74. The molecule has 0 saturated carbocycles. The number of hydrogen-bond acceptors (Lipinski definition) is 3. The highest BCUT2D eigenvalue weighted by Gasteiger charge is 2.12. The number of carboxylic acid groups (broad SMARTS) is 1. The number of carbonyl (C=O) groups is 1. The number of anilines is 1. The second kappa shape index (κ2) is 2.69. The Hall–Kier alpha value is -2.11. The Kier molecular flexibility index (Phi) is 1.63. The predicted molar refractivity (Wildman–Crippen MR) is 47.5 cm³/mol. The molecule has 3 N–H and O–H groups in total. The minimum atomic E-state index is -1.26. The molecule has 0 aliphatic carbocycles. The summed E-state index contributed by atoms with van der Waals surface area (Å²) in [4.78, 5) is 10.6. The van der Waals surface area contributed by atoms with Gasteiger partial charge < -0.3 is 10.8 Å². The normalized spacial score (nSPS) is 10.6. The Balaban J connectivity index is 2.83. The van der Waals surface area contributed by atoms with E-state index in [1.165, 1.54) is 12.1 Å². The number of benzene rings is 1. The summed E-state index contributed by atoms with van der Waals surface area (Å²) in [6.45, 7) is 0. The number of nitrogens with two attached hydrogens (primary N) is 1. The summed E-state index contributed by atoms with van der Waals surface area (Å²) in [5, 5.41) is 12.3. The quantitative estimate of drug-likeness (QED) is 0.620. The Morgan fingerprint density at radius 3 is 2.93 bits per heavy atom. The van der Waals surface area contributed by atoms with Crippen molar-refractivity contribution in [3.8, 4) is 0 Å². The zero-order chi connectivity index (χ0) is 10.3. The maximum absolute atomic E-state index is 13.3. The van der Waals surface area contributed by atoms with E-state index in [2.05, 4.69) is 5.10 Å². The van der Waals surface area contributed by atoms with E-state index >= 15 is 0 Å². The summed E-state index contributed by atoms with van der Waals surface area (Å²) < 4.78 is 14.0. The molecule has 5 nitrogen and oxygen atoms in total. The number of halogens is 1. The predicted octanol–water partition coefficient (Wildman–Crippen LogP) is 1.28. The minimum Gasteiger partial charge on any atom is -0.463 e. The van der Waals surface area contributed by atoms with Gasteiger partial charge in [0.15, 0.2) is 5.82 Å². The molecule has 0 amide bonds. The van der Waals surface area contributed by atoms with Gasteiger partial charge in [-0.15, -0.1) is 0 Å². The zero-order valence-electron chi connectivity index (χ0n) is 6.94. The van der Waals surface area contributed by atoms with Crippen LogP contribution >= 0.6 is 0 Å². The topological polar surface area (TPSA) is 81.1 Å². The van der Waals surface area contributed by atoms with Crippen LogP contribution in [-0.4, -0.2) is 21.0 Å². The first-order valence-electron chi connectivity index (χ1n) is 3.76. The Morgan fingerprint density at radius 1 is 1.57 bits per heavy atom. The monoisotopic (exact) mass is 195 g/mol. The Labute approximate surface area is 77.5 Å². The lowest BCUT2D eigenvalue weighted by Gasteiger charge is -1.98. The van der Waals surface area contributed by atoms with Gasteiger partial charge in [-0.1, -0.05) is 0 Å². The molecule has 0 fully saturated rings. The third kappa shape index (κ3) is 1.00. The average Bonchev–Trinajstić information content (AvgIpc) is 2.55. The molecule has 0 saturated heterocycles. The molecule has 0 spiro atoms. The molecule has 0 atom stereocenters. The van der Waals surface area contributed by atoms with Crippen molar-refractivity contribution in [3.05, 3.63) is 24.1 Å². The van der Waals surface area contributed by atoms with E-state index in [1.807, 2.05) is 0 Å². The van der Waals surface area contributed by atoms with Gasteiger partial charge in [0.1, 0.15) is 0 Å². The van der Waals surface area contributed by atoms with E-state index in [-0.39, 0.29) is 16.6 Å². The van der Waals surface area contributed by atoms with Gasteiger partial charge in [0.05, 0.1) is 22.8 Å². The smallest absolute Gasteiger partial charge is 0.432 e. The van der Waals surface area contributed by atoms with E-state index in [9.17, 15) is 9.18 Å². The van der Waals surface area contributed by atoms with Gasteiger partial charge in [-0.2, -0.15) is 9.78 Å². The molecule has 0 bridgehead atoms. The molecule has 1 aromatic heterocycles. The van der Waals surface area contributed by atoms with Crippen LogP contribution < -0.4 is 5.73 Å². The molecule has 72 valence electrons. The molecule has 6 heteroatoms. The van der Waals surface area contributed by atoms with Gasteiger partial charge in [0, 0.05) is 0 Å². The highest BCUT2D eigenvalue weighted by atomic mass is 19.1. The van der Waals surface area contributed by atoms with Crippen molar-refractivity contribution in [3.63, 3.8) is 0 Å². The molecule has 0 unspecified atom stereocenters. The van der Waals surface area contributed by atoms with Crippen molar-refractivity contribution in [2.24, 2.45) is 0 Å². The van der Waals surface area contributed by atoms with Gasteiger partial charge in [-0.25, -0.2) is 9.18 Å². The summed E-state index contributed by atoms with van der Waals surface area (Å²) >= 11 is 0. The lowest BCUT2D eigenvalue weighted by molar-refractivity contribution is 0.194. The SMILES string of the molecule is Nc1ccc2c(cnn2C(=O)O)c1F. The third-order valence-corrected chi connectivity index (χ3v) is 1.90. The standard InChI is InChI=1S/C8H6FN3O2/c9-7-4-3-11-12(8(13)14)6(4)2-1-5(7)10/h1-3H,10H2,(H,13,14). The van der Waals surface area contributed by atoms with Crippen LogP contribution in [0, 0.1) is 5.82 Å². The molecule has 2 rings (SSSR count). The lowest BCUT2D eigenvalue weighted by atomic mass is 10.2. The molecule has 0 aliphatic heterocycles. The first-order chi connectivity index (χ1) is 6.61. The van der Waals surface area contributed by atoms with Crippen molar-refractivity contribution in [2.45, 2.75) is 0 Å². The van der Waals surface area contributed by atoms with Crippen LogP contribution in [0.4, 0.5) is 14.9 Å². The van der Waals surface area contributed by atoms with Crippen LogP contribution in [0.1, 0.15) is 0 Å². The fourth-order valence-corrected chi connectivity index (χ4v) is 1.24. The Bertz CT molecular complexity index is 521. The number of fused-ring (bicyclic) bond motifs is 1. The third-order valence-electron chi connectivity index (χ3n) is 1.90. The fourth-order valence-electron chi connectivity index (χ4n) is 1.24. The molecule has 0 radical (unpaired) electrons. The zero-order valence-corrected chi connectivity index (χ0v) is 6.94. The van der Waals surface area contributed by atoms with Crippen LogP contribution in [-0.2, 0) is 0 Å². The number of aromatic nitrogens is 2. The van der Waals surface area contributed by atoms with Crippen molar-refractivity contribution < 1.29 is 14.3 Å². The van der Waals surface area contributed by atoms with Crippen molar-refractivity contribution in [1.82, 2.24) is 9.78 Å². The van der Waals surface area contributed by atoms with E-state index in [0.717, 1.165) is 6.20 Å². The maximum atomic E-state index is 13.3. The molecule has 14 heavy (non-hydrogen) atoms. The molecule has 1 heterocycles. The Morgan fingerprint density at radius 2 is 2.29 bits per heavy atom. The molecule has 2 aromatic rings. The summed E-state index contributed by atoms with van der Waals surface area (Å²) in [5.74, 6) is -0.644. The summed E-state index contributed by atoms with van der Waals surface area (Å²) in [5.41, 5.74) is 5.47. The second-order valence-electron chi connectivity index (χ2n) is 2.74. The highest BCUT2D eigenvalue weighted by molar-refractivity contribution is 5.89. The van der Waals surface area contributed by atoms with Crippen LogP contribution in [0.2, 0.25) is 0 Å². The minimum absolute atomic E-state index is 0.0255. The average molecular weight is 195 g/mol. The number of nitrogen functional groups attached to an aromatic ring is 1. The highest BCUT2D eigenvalue weighted by Crippen LogP contribution is 2.21. The van der Waals surface area contributed by atoms with Gasteiger partial charge in [0.25, 0.3) is 0 Å². The van der Waals surface area contributed by atoms with Crippen LogP contribution in [0.15, 0.2) is 18.3 Å². The number of hydrogen-bond donors (Lipinski definition) is 2. The molecular weight excluding hydrogens is 189 g/mol. The van der Waals surface area contributed by atoms with Crippen LogP contribution in [0.5, 0.6) is 0 Å².